The second-order valence-electron chi connectivity index (χ2n) is 5.44. The molecule has 2 aliphatic heterocycles. The minimum absolute atomic E-state index is 0. The molecule has 10 heteroatoms. The minimum Gasteiger partial charge on any atom is -0.486 e. The first-order chi connectivity index (χ1) is 12.5. The van der Waals surface area contributed by atoms with E-state index in [0.717, 1.165) is 0 Å². The van der Waals surface area contributed by atoms with E-state index in [1.165, 1.54) is 12.1 Å². The van der Waals surface area contributed by atoms with Gasteiger partial charge in [-0.25, -0.2) is 0 Å². The molecular weight excluding hydrogens is 344 g/mol. The number of ether oxygens (including phenoxy) is 4. The van der Waals surface area contributed by atoms with E-state index in [-0.39, 0.29) is 12.8 Å². The van der Waals surface area contributed by atoms with Crippen LogP contribution >= 0.6 is 0 Å². The van der Waals surface area contributed by atoms with Crippen molar-refractivity contribution in [3.8, 4) is 23.0 Å². The number of nitro groups is 1. The number of nitrogens with two attached hydrogens (primary N) is 3. The van der Waals surface area contributed by atoms with E-state index >= 15 is 0 Å². The van der Waals surface area contributed by atoms with Crippen LogP contribution in [0.15, 0.2) is 24.3 Å². The summed E-state index contributed by atoms with van der Waals surface area (Å²) in [5.74, 6) is 2.18. The number of fused-ring (bicyclic) bond motifs is 2. The Balaban J connectivity index is 0.000000189. The molecule has 6 N–H and O–H groups in total. The van der Waals surface area contributed by atoms with E-state index in [9.17, 15) is 10.1 Å². The topological polar surface area (TPSA) is 158 Å². The van der Waals surface area contributed by atoms with E-state index in [2.05, 4.69) is 0 Å². The summed E-state index contributed by atoms with van der Waals surface area (Å²) in [6, 6.07) is 6.06. The Bertz CT molecular complexity index is 817. The summed E-state index contributed by atoms with van der Waals surface area (Å²) in [6.07, 6.45) is 0. The summed E-state index contributed by atoms with van der Waals surface area (Å²) >= 11 is 0. The molecule has 0 amide bonds. The first-order valence-corrected chi connectivity index (χ1v) is 7.74. The van der Waals surface area contributed by atoms with E-state index in [4.69, 9.17) is 36.1 Å². The molecule has 0 bridgehead atoms. The van der Waals surface area contributed by atoms with Crippen molar-refractivity contribution >= 4 is 22.7 Å². The number of nitro benzene ring substituents is 1. The molecule has 2 heterocycles. The van der Waals surface area contributed by atoms with Gasteiger partial charge in [0.25, 0.3) is 5.69 Å². The highest BCUT2D eigenvalue weighted by atomic mass is 16.6. The Morgan fingerprint density at radius 3 is 1.46 bits per heavy atom. The summed E-state index contributed by atoms with van der Waals surface area (Å²) < 4.78 is 21.0. The Kier molecular flexibility index (Phi) is 4.74. The lowest BCUT2D eigenvalue weighted by Crippen LogP contribution is -2.15. The maximum atomic E-state index is 10.5. The van der Waals surface area contributed by atoms with Crippen LogP contribution < -0.4 is 36.1 Å². The summed E-state index contributed by atoms with van der Waals surface area (Å²) in [4.78, 5) is 9.99. The number of nitrogens with zero attached hydrogens (tertiary/aromatic N) is 1. The summed E-state index contributed by atoms with van der Waals surface area (Å²) in [5, 5.41) is 10.5. The molecule has 10 nitrogen and oxygen atoms in total. The first kappa shape index (κ1) is 17.3. The second kappa shape index (κ2) is 7.13. The van der Waals surface area contributed by atoms with Crippen molar-refractivity contribution in [3.63, 3.8) is 0 Å². The Morgan fingerprint density at radius 2 is 1.08 bits per heavy atom. The van der Waals surface area contributed by atoms with Crippen molar-refractivity contribution in [2.45, 2.75) is 0 Å². The Labute approximate surface area is 150 Å². The van der Waals surface area contributed by atoms with Crippen molar-refractivity contribution in [1.82, 2.24) is 0 Å². The SMILES string of the molecule is Nc1cc2c(cc1N)OCCO2.Nc1cc2c(cc1[N+](=O)[O-])OCCO2.[HH]. The molecular formula is C16H20N4O6. The van der Waals surface area contributed by atoms with Crippen LogP contribution in [0.5, 0.6) is 23.0 Å². The number of benzene rings is 2. The van der Waals surface area contributed by atoms with E-state index in [0.29, 0.717) is 60.8 Å². The van der Waals surface area contributed by atoms with Crippen LogP contribution in [0.3, 0.4) is 0 Å². The van der Waals surface area contributed by atoms with Gasteiger partial charge in [0.05, 0.1) is 22.4 Å². The molecule has 2 aromatic carbocycles. The van der Waals surface area contributed by atoms with Gasteiger partial charge in [0.1, 0.15) is 32.1 Å². The number of rotatable bonds is 1. The third-order valence-electron chi connectivity index (χ3n) is 3.64. The highest BCUT2D eigenvalue weighted by molar-refractivity contribution is 5.69. The van der Waals surface area contributed by atoms with Gasteiger partial charge in [-0.05, 0) is 0 Å². The van der Waals surface area contributed by atoms with Crippen molar-refractivity contribution in [2.75, 3.05) is 43.6 Å². The van der Waals surface area contributed by atoms with Crippen molar-refractivity contribution in [2.24, 2.45) is 0 Å². The molecule has 4 rings (SSSR count). The maximum absolute atomic E-state index is 10.5. The lowest BCUT2D eigenvalue weighted by Gasteiger charge is -2.19. The summed E-state index contributed by atoms with van der Waals surface area (Å²) in [5.41, 5.74) is 17.6. The fraction of sp³-hybridized carbons (Fsp3) is 0.250. The normalized spacial score (nSPS) is 14.0. The maximum Gasteiger partial charge on any atom is 0.296 e. The summed E-state index contributed by atoms with van der Waals surface area (Å²) in [7, 11) is 0. The number of hydrogen-bond donors (Lipinski definition) is 3. The number of hydrogen-bond acceptors (Lipinski definition) is 9. The van der Waals surface area contributed by atoms with Gasteiger partial charge >= 0.3 is 0 Å². The van der Waals surface area contributed by atoms with Gasteiger partial charge in [-0.2, -0.15) is 0 Å². The predicted molar refractivity (Wildman–Crippen MR) is 96.9 cm³/mol. The molecule has 0 spiro atoms. The molecule has 2 aromatic rings. The van der Waals surface area contributed by atoms with Crippen LogP contribution in [0.1, 0.15) is 1.43 Å². The largest absolute Gasteiger partial charge is 0.486 e. The van der Waals surface area contributed by atoms with Crippen molar-refractivity contribution < 1.29 is 25.3 Å². The third-order valence-corrected chi connectivity index (χ3v) is 3.64. The van der Waals surface area contributed by atoms with Gasteiger partial charge in [-0.15, -0.1) is 0 Å². The molecule has 0 aliphatic carbocycles. The van der Waals surface area contributed by atoms with E-state index in [1.807, 2.05) is 0 Å². The number of nitrogen functional groups attached to an aromatic ring is 3. The first-order valence-electron chi connectivity index (χ1n) is 7.74. The molecule has 0 unspecified atom stereocenters. The fourth-order valence-electron chi connectivity index (χ4n) is 2.37. The summed E-state index contributed by atoms with van der Waals surface area (Å²) in [6.45, 7) is 1.96. The molecule has 26 heavy (non-hydrogen) atoms. The van der Waals surface area contributed by atoms with Crippen molar-refractivity contribution in [3.05, 3.63) is 34.4 Å². The van der Waals surface area contributed by atoms with E-state index < -0.39 is 4.92 Å². The van der Waals surface area contributed by atoms with Gasteiger partial charge in [0, 0.05) is 19.6 Å². The monoisotopic (exact) mass is 364 g/mol. The van der Waals surface area contributed by atoms with Gasteiger partial charge in [-0.1, -0.05) is 0 Å². The van der Waals surface area contributed by atoms with Gasteiger partial charge < -0.3 is 36.1 Å². The van der Waals surface area contributed by atoms with Gasteiger partial charge in [0.2, 0.25) is 0 Å². The fourth-order valence-corrected chi connectivity index (χ4v) is 2.37. The highest BCUT2D eigenvalue weighted by Gasteiger charge is 2.20. The molecule has 0 atom stereocenters. The average Bonchev–Trinajstić information content (AvgIpc) is 2.62. The van der Waals surface area contributed by atoms with Crippen molar-refractivity contribution in [1.29, 1.82) is 0 Å². The molecule has 0 saturated heterocycles. The van der Waals surface area contributed by atoms with Crippen LogP contribution in [0, 0.1) is 10.1 Å². The highest BCUT2D eigenvalue weighted by Crippen LogP contribution is 2.38. The molecule has 0 aromatic heterocycles. The Hall–Kier alpha value is -3.56. The third kappa shape index (κ3) is 3.58. The molecule has 2 aliphatic rings. The standard InChI is InChI=1S/C8H8N2O4.C8H10N2O2.H2/c9-5-3-7-8(14-2-1-13-7)4-6(5)10(11)12;9-5-3-7-8(4-6(5)10)12-2-1-11-7;/h3-4H,1-2,9H2;3-4H,1-2,9-10H2;1H. The lowest BCUT2D eigenvalue weighted by molar-refractivity contribution is -0.384. The average molecular weight is 364 g/mol. The molecule has 0 radical (unpaired) electrons. The predicted octanol–water partition coefficient (Wildman–Crippen LogP) is 1.82. The van der Waals surface area contributed by atoms with Gasteiger partial charge in [-0.3, -0.25) is 10.1 Å². The van der Waals surface area contributed by atoms with Crippen LogP contribution in [0.25, 0.3) is 0 Å². The van der Waals surface area contributed by atoms with Crippen LogP contribution in [-0.2, 0) is 0 Å². The second-order valence-corrected chi connectivity index (χ2v) is 5.44. The van der Waals surface area contributed by atoms with E-state index in [1.54, 1.807) is 12.1 Å². The van der Waals surface area contributed by atoms with Gasteiger partial charge in [0.15, 0.2) is 23.0 Å². The molecule has 140 valence electrons. The smallest absolute Gasteiger partial charge is 0.296 e. The molecule has 0 saturated carbocycles. The van der Waals surface area contributed by atoms with Crippen LogP contribution in [0.4, 0.5) is 22.7 Å². The Morgan fingerprint density at radius 1 is 0.731 bits per heavy atom. The number of anilines is 3. The molecule has 0 fully saturated rings. The zero-order valence-electron chi connectivity index (χ0n) is 13.8. The van der Waals surface area contributed by atoms with Crippen LogP contribution in [0.2, 0.25) is 0 Å². The lowest BCUT2D eigenvalue weighted by atomic mass is 10.2. The minimum atomic E-state index is -0.548. The quantitative estimate of drug-likeness (QED) is 0.390. The zero-order valence-corrected chi connectivity index (χ0v) is 13.8. The van der Waals surface area contributed by atoms with Crippen LogP contribution in [-0.4, -0.2) is 31.4 Å². The zero-order chi connectivity index (χ0) is 18.7.